The van der Waals surface area contributed by atoms with Gasteiger partial charge in [-0.25, -0.2) is 0 Å². The summed E-state index contributed by atoms with van der Waals surface area (Å²) in [6, 6.07) is 8.25. The van der Waals surface area contributed by atoms with E-state index in [1.165, 1.54) is 4.90 Å². The zero-order chi connectivity index (χ0) is 11.3. The van der Waals surface area contributed by atoms with Gasteiger partial charge in [0.25, 0.3) is 0 Å². The van der Waals surface area contributed by atoms with Crippen LogP contribution >= 0.6 is 23.4 Å². The first kappa shape index (κ1) is 10.5. The third kappa shape index (κ3) is 1.38. The molecule has 4 heteroatoms. The smallest absolute Gasteiger partial charge is 0.247 e. The lowest BCUT2D eigenvalue weighted by atomic mass is 9.95. The maximum Gasteiger partial charge on any atom is 0.247 e. The lowest BCUT2D eigenvalue weighted by molar-refractivity contribution is -0.123. The van der Waals surface area contributed by atoms with Crippen LogP contribution < -0.4 is 4.90 Å². The Balaban J connectivity index is 2.07. The molecule has 0 aliphatic carbocycles. The number of β-lactam (4-membered cyclic amide) rings is 1. The minimum Gasteiger partial charge on any atom is -0.305 e. The van der Waals surface area contributed by atoms with Gasteiger partial charge in [0.05, 0.1) is 11.7 Å². The zero-order valence-corrected chi connectivity index (χ0v) is 10.5. The van der Waals surface area contributed by atoms with E-state index in [0.29, 0.717) is 5.25 Å². The Morgan fingerprint density at radius 1 is 1.44 bits per heavy atom. The molecule has 16 heavy (non-hydrogen) atoms. The van der Waals surface area contributed by atoms with E-state index >= 15 is 0 Å². The lowest BCUT2D eigenvalue weighted by Crippen LogP contribution is -2.63. The molecule has 0 spiro atoms. The number of hydrogen-bond donors (Lipinski definition) is 0. The number of fused-ring (bicyclic) bond motifs is 3. The fourth-order valence-electron chi connectivity index (χ4n) is 2.39. The van der Waals surface area contributed by atoms with Crippen LogP contribution in [0.25, 0.3) is 0 Å². The van der Waals surface area contributed by atoms with Gasteiger partial charge >= 0.3 is 0 Å². The van der Waals surface area contributed by atoms with E-state index in [-0.39, 0.29) is 17.3 Å². The monoisotopic (exact) mass is 253 g/mol. The predicted molar refractivity (Wildman–Crippen MR) is 67.3 cm³/mol. The number of nitrogens with zero attached hydrogens (tertiary/aromatic N) is 1. The van der Waals surface area contributed by atoms with E-state index in [2.05, 4.69) is 13.0 Å². The molecule has 3 atom stereocenters. The number of benzene rings is 1. The van der Waals surface area contributed by atoms with Crippen molar-refractivity contribution in [3.05, 3.63) is 24.3 Å². The fourth-order valence-corrected chi connectivity index (χ4v) is 3.88. The molecule has 2 aliphatic heterocycles. The topological polar surface area (TPSA) is 20.3 Å². The summed E-state index contributed by atoms with van der Waals surface area (Å²) in [6.07, 6.45) is 0.971. The van der Waals surface area contributed by atoms with Gasteiger partial charge < -0.3 is 4.90 Å². The van der Waals surface area contributed by atoms with Gasteiger partial charge in [-0.05, 0) is 18.6 Å². The van der Waals surface area contributed by atoms with E-state index in [4.69, 9.17) is 11.6 Å². The molecule has 0 aromatic heterocycles. The SMILES string of the molecule is CC1CC2C(Cl)C(=O)N2c2ccccc2S1. The molecule has 0 bridgehead atoms. The van der Waals surface area contributed by atoms with E-state index < -0.39 is 0 Å². The Morgan fingerprint density at radius 3 is 3.00 bits per heavy atom. The lowest BCUT2D eigenvalue weighted by Gasteiger charge is -2.44. The molecule has 1 saturated heterocycles. The van der Waals surface area contributed by atoms with Crippen molar-refractivity contribution in [1.29, 1.82) is 0 Å². The van der Waals surface area contributed by atoms with Gasteiger partial charge in [-0.15, -0.1) is 23.4 Å². The summed E-state index contributed by atoms with van der Waals surface area (Å²) in [6.45, 7) is 2.19. The number of amides is 1. The van der Waals surface area contributed by atoms with Gasteiger partial charge in [0.15, 0.2) is 0 Å². The number of hydrogen-bond acceptors (Lipinski definition) is 2. The van der Waals surface area contributed by atoms with Crippen LogP contribution in [0.3, 0.4) is 0 Å². The second-order valence-electron chi connectivity index (χ2n) is 4.31. The minimum absolute atomic E-state index is 0.0498. The molecule has 3 unspecified atom stereocenters. The van der Waals surface area contributed by atoms with Gasteiger partial charge in [0.2, 0.25) is 5.91 Å². The summed E-state index contributed by atoms with van der Waals surface area (Å²) in [7, 11) is 0. The first-order valence-electron chi connectivity index (χ1n) is 5.41. The van der Waals surface area contributed by atoms with Crippen molar-refractivity contribution in [2.45, 2.75) is 34.9 Å². The van der Waals surface area contributed by atoms with Crippen molar-refractivity contribution in [1.82, 2.24) is 0 Å². The molecule has 0 radical (unpaired) electrons. The van der Waals surface area contributed by atoms with Crippen molar-refractivity contribution in [2.75, 3.05) is 4.90 Å². The Bertz CT molecular complexity index is 450. The van der Waals surface area contributed by atoms with Gasteiger partial charge in [-0.2, -0.15) is 0 Å². The molecular formula is C12H12ClNOS. The number of carbonyl (C=O) groups is 1. The summed E-state index contributed by atoms with van der Waals surface area (Å²) in [5, 5.41) is 0.180. The summed E-state index contributed by atoms with van der Waals surface area (Å²) >= 11 is 7.91. The molecule has 1 fully saturated rings. The number of para-hydroxylation sites is 1. The fraction of sp³-hybridized carbons (Fsp3) is 0.417. The van der Waals surface area contributed by atoms with E-state index in [1.807, 2.05) is 34.9 Å². The average molecular weight is 254 g/mol. The summed E-state index contributed by atoms with van der Waals surface area (Å²) in [5.74, 6) is 0.0498. The highest BCUT2D eigenvalue weighted by atomic mass is 35.5. The summed E-state index contributed by atoms with van der Waals surface area (Å²) < 4.78 is 0. The van der Waals surface area contributed by atoms with E-state index in [0.717, 1.165) is 12.1 Å². The van der Waals surface area contributed by atoms with Crippen molar-refractivity contribution < 1.29 is 4.79 Å². The number of anilines is 1. The Hall–Kier alpha value is -0.670. The predicted octanol–water partition coefficient (Wildman–Crippen LogP) is 2.89. The molecule has 1 aromatic rings. The van der Waals surface area contributed by atoms with Crippen LogP contribution in [0.15, 0.2) is 29.2 Å². The molecular weight excluding hydrogens is 242 g/mol. The first-order chi connectivity index (χ1) is 7.68. The molecule has 0 N–H and O–H groups in total. The Kier molecular flexibility index (Phi) is 2.41. The van der Waals surface area contributed by atoms with Gasteiger partial charge in [0.1, 0.15) is 5.38 Å². The molecule has 1 aromatic carbocycles. The van der Waals surface area contributed by atoms with Crippen LogP contribution in [-0.4, -0.2) is 22.6 Å². The molecule has 84 valence electrons. The summed E-state index contributed by atoms with van der Waals surface area (Å²) in [4.78, 5) is 14.9. The maximum absolute atomic E-state index is 11.8. The number of carbonyl (C=O) groups excluding carboxylic acids is 1. The number of halogens is 1. The number of thioether (sulfide) groups is 1. The second kappa shape index (κ2) is 3.67. The highest BCUT2D eigenvalue weighted by Crippen LogP contribution is 2.45. The van der Waals surface area contributed by atoms with Gasteiger partial charge in [-0.3, -0.25) is 4.79 Å². The van der Waals surface area contributed by atoms with Crippen LogP contribution in [0.1, 0.15) is 13.3 Å². The molecule has 2 heterocycles. The van der Waals surface area contributed by atoms with Crippen LogP contribution in [0.5, 0.6) is 0 Å². The summed E-state index contributed by atoms with van der Waals surface area (Å²) in [5.41, 5.74) is 1.03. The highest BCUT2D eigenvalue weighted by Gasteiger charge is 2.49. The molecule has 2 nitrogen and oxygen atoms in total. The largest absolute Gasteiger partial charge is 0.305 e. The Labute approximate surface area is 104 Å². The van der Waals surface area contributed by atoms with Crippen LogP contribution in [-0.2, 0) is 4.79 Å². The average Bonchev–Trinajstić information content (AvgIpc) is 2.42. The second-order valence-corrected chi connectivity index (χ2v) is 6.26. The third-order valence-corrected chi connectivity index (χ3v) is 4.84. The standard InChI is InChI=1S/C12H12ClNOS/c1-7-6-9-11(13)12(15)14(9)8-4-2-3-5-10(8)16-7/h2-5,7,9,11H,6H2,1H3. The molecule has 0 saturated carbocycles. The van der Waals surface area contributed by atoms with Crippen molar-refractivity contribution in [2.24, 2.45) is 0 Å². The third-order valence-electron chi connectivity index (χ3n) is 3.17. The number of alkyl halides is 1. The minimum atomic E-state index is -0.325. The van der Waals surface area contributed by atoms with Gasteiger partial charge in [0, 0.05) is 10.1 Å². The Morgan fingerprint density at radius 2 is 2.19 bits per heavy atom. The first-order valence-corrected chi connectivity index (χ1v) is 6.73. The van der Waals surface area contributed by atoms with Crippen LogP contribution in [0.2, 0.25) is 0 Å². The van der Waals surface area contributed by atoms with E-state index in [1.54, 1.807) is 0 Å². The molecule has 2 aliphatic rings. The maximum atomic E-state index is 11.8. The van der Waals surface area contributed by atoms with Crippen molar-refractivity contribution in [3.63, 3.8) is 0 Å². The van der Waals surface area contributed by atoms with E-state index in [9.17, 15) is 4.79 Å². The zero-order valence-electron chi connectivity index (χ0n) is 8.89. The normalized spacial score (nSPS) is 32.5. The molecule has 1 amide bonds. The van der Waals surface area contributed by atoms with Crippen LogP contribution in [0.4, 0.5) is 5.69 Å². The van der Waals surface area contributed by atoms with Crippen LogP contribution in [0, 0.1) is 0 Å². The van der Waals surface area contributed by atoms with Crippen molar-refractivity contribution >= 4 is 35.0 Å². The quantitative estimate of drug-likeness (QED) is 0.523. The highest BCUT2D eigenvalue weighted by molar-refractivity contribution is 8.00. The van der Waals surface area contributed by atoms with Crippen molar-refractivity contribution in [3.8, 4) is 0 Å². The van der Waals surface area contributed by atoms with Gasteiger partial charge in [-0.1, -0.05) is 19.1 Å². The molecule has 3 rings (SSSR count). The number of rotatable bonds is 0.